The van der Waals surface area contributed by atoms with E-state index in [0.29, 0.717) is 13.2 Å². The summed E-state index contributed by atoms with van der Waals surface area (Å²) in [6, 6.07) is 0. The molecule has 0 amide bonds. The first-order chi connectivity index (χ1) is 6.12. The number of rotatable bonds is 8. The van der Waals surface area contributed by atoms with Crippen LogP contribution in [0.5, 0.6) is 0 Å². The van der Waals surface area contributed by atoms with E-state index in [0.717, 1.165) is 19.3 Å². The lowest BCUT2D eigenvalue weighted by atomic mass is 10.3. The first-order valence-electron chi connectivity index (χ1n) is 4.64. The molecule has 13 heavy (non-hydrogen) atoms. The fraction of sp³-hybridized carbons (Fsp3) is 1.00. The van der Waals surface area contributed by atoms with Crippen LogP contribution >= 0.6 is 0 Å². The molecule has 1 N–H and O–H groups in total. The Morgan fingerprint density at radius 2 is 2.00 bits per heavy atom. The van der Waals surface area contributed by atoms with Gasteiger partial charge in [0.05, 0.1) is 12.4 Å². The minimum absolute atomic E-state index is 0.0512. The van der Waals surface area contributed by atoms with Crippen molar-refractivity contribution < 1.29 is 12.6 Å². The van der Waals surface area contributed by atoms with Crippen molar-refractivity contribution in [2.24, 2.45) is 0 Å². The third-order valence-corrected chi connectivity index (χ3v) is 2.84. The first kappa shape index (κ1) is 12.9. The molecule has 0 aliphatic rings. The highest BCUT2D eigenvalue weighted by Gasteiger charge is 2.08. The van der Waals surface area contributed by atoms with Crippen LogP contribution in [-0.4, -0.2) is 34.4 Å². The summed E-state index contributed by atoms with van der Waals surface area (Å²) in [4.78, 5) is 0. The van der Waals surface area contributed by atoms with Gasteiger partial charge < -0.3 is 5.32 Å². The van der Waals surface area contributed by atoms with E-state index in [1.54, 1.807) is 7.05 Å². The normalized spacial score (nSPS) is 11.8. The van der Waals surface area contributed by atoms with Crippen molar-refractivity contribution >= 4 is 10.1 Å². The average Bonchev–Trinajstić information content (AvgIpc) is 2.09. The fourth-order valence-electron chi connectivity index (χ4n) is 0.824. The Morgan fingerprint density at radius 3 is 2.54 bits per heavy atom. The Labute approximate surface area is 80.8 Å². The summed E-state index contributed by atoms with van der Waals surface area (Å²) in [7, 11) is -1.57. The average molecular weight is 209 g/mol. The summed E-state index contributed by atoms with van der Waals surface area (Å²) in [6.07, 6.45) is 2.90. The Bertz CT molecular complexity index is 201. The van der Waals surface area contributed by atoms with Crippen LogP contribution in [0.1, 0.15) is 26.2 Å². The summed E-state index contributed by atoms with van der Waals surface area (Å²) in [5.41, 5.74) is 0. The van der Waals surface area contributed by atoms with Gasteiger partial charge in [0.15, 0.2) is 0 Å². The third-order valence-electron chi connectivity index (χ3n) is 1.61. The quantitative estimate of drug-likeness (QED) is 0.473. The van der Waals surface area contributed by atoms with E-state index in [1.807, 2.05) is 0 Å². The predicted octanol–water partition coefficient (Wildman–Crippen LogP) is 0.742. The van der Waals surface area contributed by atoms with Crippen LogP contribution in [0, 0.1) is 0 Å². The summed E-state index contributed by atoms with van der Waals surface area (Å²) < 4.78 is 26.9. The molecule has 0 heterocycles. The summed E-state index contributed by atoms with van der Waals surface area (Å²) in [5.74, 6) is 0.0512. The molecule has 0 aliphatic carbocycles. The van der Waals surface area contributed by atoms with E-state index < -0.39 is 10.1 Å². The van der Waals surface area contributed by atoms with E-state index in [9.17, 15) is 8.42 Å². The zero-order valence-corrected chi connectivity index (χ0v) is 9.19. The van der Waals surface area contributed by atoms with Crippen molar-refractivity contribution in [1.29, 1.82) is 0 Å². The molecule has 80 valence electrons. The maximum Gasteiger partial charge on any atom is 0.268 e. The zero-order chi connectivity index (χ0) is 10.2. The summed E-state index contributed by atoms with van der Waals surface area (Å²) >= 11 is 0. The first-order valence-corrected chi connectivity index (χ1v) is 6.22. The molecule has 0 radical (unpaired) electrons. The second-order valence-corrected chi connectivity index (χ2v) is 4.65. The molecular formula is C8H19NO3S. The Balaban J connectivity index is 3.52. The van der Waals surface area contributed by atoms with Crippen molar-refractivity contribution in [3.05, 3.63) is 0 Å². The van der Waals surface area contributed by atoms with Crippen LogP contribution in [0.2, 0.25) is 0 Å². The van der Waals surface area contributed by atoms with Crippen LogP contribution in [0.4, 0.5) is 0 Å². The van der Waals surface area contributed by atoms with Gasteiger partial charge in [-0.3, -0.25) is 4.18 Å². The van der Waals surface area contributed by atoms with Crippen LogP contribution in [0.3, 0.4) is 0 Å². The van der Waals surface area contributed by atoms with Gasteiger partial charge in [-0.2, -0.15) is 8.42 Å². The number of nitrogens with one attached hydrogen (secondary N) is 1. The van der Waals surface area contributed by atoms with Gasteiger partial charge >= 0.3 is 0 Å². The molecule has 4 nitrogen and oxygen atoms in total. The van der Waals surface area contributed by atoms with Crippen molar-refractivity contribution in [2.45, 2.75) is 26.2 Å². The van der Waals surface area contributed by atoms with Gasteiger partial charge in [0.25, 0.3) is 10.1 Å². The van der Waals surface area contributed by atoms with Crippen LogP contribution in [0.25, 0.3) is 0 Å². The lowest BCUT2D eigenvalue weighted by Gasteiger charge is -2.04. The van der Waals surface area contributed by atoms with Gasteiger partial charge in [0.2, 0.25) is 0 Å². The smallest absolute Gasteiger partial charge is 0.268 e. The third kappa shape index (κ3) is 8.21. The fourth-order valence-corrected chi connectivity index (χ4v) is 1.77. The monoisotopic (exact) mass is 209 g/mol. The van der Waals surface area contributed by atoms with Crippen molar-refractivity contribution in [2.75, 3.05) is 26.0 Å². The zero-order valence-electron chi connectivity index (χ0n) is 8.38. The van der Waals surface area contributed by atoms with Crippen molar-refractivity contribution in [3.63, 3.8) is 0 Å². The molecular weight excluding hydrogens is 190 g/mol. The summed E-state index contributed by atoms with van der Waals surface area (Å²) in [5, 5.41) is 2.77. The maximum absolute atomic E-state index is 11.1. The van der Waals surface area contributed by atoms with E-state index in [4.69, 9.17) is 4.18 Å². The summed E-state index contributed by atoms with van der Waals surface area (Å²) in [6.45, 7) is 2.82. The molecule has 0 spiro atoms. The van der Waals surface area contributed by atoms with Gasteiger partial charge in [-0.25, -0.2) is 0 Å². The van der Waals surface area contributed by atoms with Gasteiger partial charge in [0, 0.05) is 6.54 Å². The standard InChI is InChI=1S/C8H19NO3S/c1-3-4-5-7-12-13(10,11)8-6-9-2/h9H,3-8H2,1-2H3. The Kier molecular flexibility index (Phi) is 7.22. The lowest BCUT2D eigenvalue weighted by molar-refractivity contribution is 0.308. The minimum atomic E-state index is -3.29. The molecule has 0 saturated carbocycles. The van der Waals surface area contributed by atoms with E-state index in [2.05, 4.69) is 12.2 Å². The highest BCUT2D eigenvalue weighted by atomic mass is 32.2. The minimum Gasteiger partial charge on any atom is -0.319 e. The van der Waals surface area contributed by atoms with Crippen LogP contribution in [-0.2, 0) is 14.3 Å². The SMILES string of the molecule is CCCCCOS(=O)(=O)CCNC. The Hall–Kier alpha value is -0.130. The van der Waals surface area contributed by atoms with E-state index >= 15 is 0 Å². The van der Waals surface area contributed by atoms with Gasteiger partial charge in [-0.05, 0) is 13.5 Å². The van der Waals surface area contributed by atoms with Crippen molar-refractivity contribution in [1.82, 2.24) is 5.32 Å². The maximum atomic E-state index is 11.1. The van der Waals surface area contributed by atoms with Crippen LogP contribution < -0.4 is 5.32 Å². The molecule has 5 heteroatoms. The molecule has 0 unspecified atom stereocenters. The molecule has 0 aromatic carbocycles. The van der Waals surface area contributed by atoms with E-state index in [-0.39, 0.29) is 5.75 Å². The molecule has 0 bridgehead atoms. The van der Waals surface area contributed by atoms with Gasteiger partial charge in [-0.15, -0.1) is 0 Å². The van der Waals surface area contributed by atoms with Gasteiger partial charge in [-0.1, -0.05) is 19.8 Å². The highest BCUT2D eigenvalue weighted by Crippen LogP contribution is 1.98. The highest BCUT2D eigenvalue weighted by molar-refractivity contribution is 7.86. The molecule has 0 fully saturated rings. The molecule has 0 saturated heterocycles. The molecule has 0 aromatic heterocycles. The van der Waals surface area contributed by atoms with Crippen molar-refractivity contribution in [3.8, 4) is 0 Å². The number of hydrogen-bond donors (Lipinski definition) is 1. The van der Waals surface area contributed by atoms with E-state index in [1.165, 1.54) is 0 Å². The molecule has 0 atom stereocenters. The lowest BCUT2D eigenvalue weighted by Crippen LogP contribution is -2.21. The molecule has 0 aromatic rings. The predicted molar refractivity (Wildman–Crippen MR) is 53.2 cm³/mol. The number of hydrogen-bond acceptors (Lipinski definition) is 4. The Morgan fingerprint density at radius 1 is 1.31 bits per heavy atom. The molecule has 0 rings (SSSR count). The largest absolute Gasteiger partial charge is 0.319 e. The number of unbranched alkanes of at least 4 members (excludes halogenated alkanes) is 2. The molecule has 0 aliphatic heterocycles. The van der Waals surface area contributed by atoms with Gasteiger partial charge in [0.1, 0.15) is 0 Å². The second kappa shape index (κ2) is 7.29. The second-order valence-electron chi connectivity index (χ2n) is 2.89. The van der Waals surface area contributed by atoms with Crippen LogP contribution in [0.15, 0.2) is 0 Å². The topological polar surface area (TPSA) is 55.4 Å².